The van der Waals surface area contributed by atoms with Gasteiger partial charge >= 0.3 is 0 Å². The zero-order chi connectivity index (χ0) is 12.3. The van der Waals surface area contributed by atoms with Gasteiger partial charge in [0.2, 0.25) is 5.88 Å². The average molecular weight is 231 g/mol. The van der Waals surface area contributed by atoms with E-state index in [-0.39, 0.29) is 5.69 Å². The van der Waals surface area contributed by atoms with E-state index in [4.69, 9.17) is 10.5 Å². The number of nitrogens with two attached hydrogens (primary N) is 1. The van der Waals surface area contributed by atoms with Crippen molar-refractivity contribution >= 4 is 11.4 Å². The maximum absolute atomic E-state index is 10.6. The molecule has 1 aromatic carbocycles. The minimum atomic E-state index is -0.486. The standard InChI is InChI=1S/C11H9N3O3/c12-8-4-5-13-11(6-8)17-10-3-1-2-9(7-10)14(15)16/h1-7H,(H2,12,13). The molecule has 0 atom stereocenters. The Morgan fingerprint density at radius 3 is 2.82 bits per heavy atom. The summed E-state index contributed by atoms with van der Waals surface area (Å²) in [5.41, 5.74) is 6.04. The smallest absolute Gasteiger partial charge is 0.273 e. The highest BCUT2D eigenvalue weighted by atomic mass is 16.6. The van der Waals surface area contributed by atoms with Crippen LogP contribution in [0, 0.1) is 10.1 Å². The summed E-state index contributed by atoms with van der Waals surface area (Å²) in [7, 11) is 0. The zero-order valence-corrected chi connectivity index (χ0v) is 8.74. The van der Waals surface area contributed by atoms with E-state index in [2.05, 4.69) is 4.98 Å². The Kier molecular flexibility index (Phi) is 2.87. The SMILES string of the molecule is Nc1ccnc(Oc2cccc([N+](=O)[O-])c2)c1. The van der Waals surface area contributed by atoms with Crippen molar-refractivity contribution < 1.29 is 9.66 Å². The van der Waals surface area contributed by atoms with Gasteiger partial charge in [-0.15, -0.1) is 0 Å². The number of nitro benzene ring substituents is 1. The molecule has 0 aliphatic carbocycles. The molecular weight excluding hydrogens is 222 g/mol. The van der Waals surface area contributed by atoms with E-state index in [1.807, 2.05) is 0 Å². The van der Waals surface area contributed by atoms with Crippen molar-refractivity contribution in [3.05, 3.63) is 52.7 Å². The van der Waals surface area contributed by atoms with Crippen LogP contribution in [0.15, 0.2) is 42.6 Å². The fourth-order valence-electron chi connectivity index (χ4n) is 1.26. The molecule has 0 spiro atoms. The van der Waals surface area contributed by atoms with E-state index in [0.717, 1.165) is 0 Å². The summed E-state index contributed by atoms with van der Waals surface area (Å²) < 4.78 is 5.35. The average Bonchev–Trinajstić information content (AvgIpc) is 2.29. The van der Waals surface area contributed by atoms with Gasteiger partial charge in [-0.25, -0.2) is 4.98 Å². The van der Waals surface area contributed by atoms with Gasteiger partial charge in [0, 0.05) is 24.0 Å². The number of hydrogen-bond donors (Lipinski definition) is 1. The van der Waals surface area contributed by atoms with Crippen LogP contribution in [0.1, 0.15) is 0 Å². The third kappa shape index (κ3) is 2.69. The second-order valence-corrected chi connectivity index (χ2v) is 3.28. The summed E-state index contributed by atoms with van der Waals surface area (Å²) in [6.07, 6.45) is 1.50. The molecule has 0 saturated heterocycles. The number of nitro groups is 1. The van der Waals surface area contributed by atoms with Crippen LogP contribution >= 0.6 is 0 Å². The van der Waals surface area contributed by atoms with E-state index < -0.39 is 4.92 Å². The molecule has 0 saturated carbocycles. The van der Waals surface area contributed by atoms with Gasteiger partial charge in [0.1, 0.15) is 5.75 Å². The van der Waals surface area contributed by atoms with Gasteiger partial charge in [-0.2, -0.15) is 0 Å². The summed E-state index contributed by atoms with van der Waals surface area (Å²) in [4.78, 5) is 14.0. The largest absolute Gasteiger partial charge is 0.439 e. The molecule has 86 valence electrons. The maximum atomic E-state index is 10.6. The Hall–Kier alpha value is -2.63. The van der Waals surface area contributed by atoms with Crippen molar-refractivity contribution in [2.45, 2.75) is 0 Å². The van der Waals surface area contributed by atoms with Gasteiger partial charge in [0.25, 0.3) is 5.69 Å². The van der Waals surface area contributed by atoms with Crippen LogP contribution in [-0.4, -0.2) is 9.91 Å². The first-order chi connectivity index (χ1) is 8.15. The molecule has 2 aromatic rings. The number of aromatic nitrogens is 1. The number of anilines is 1. The lowest BCUT2D eigenvalue weighted by atomic mass is 10.3. The number of rotatable bonds is 3. The quantitative estimate of drug-likeness (QED) is 0.646. The Morgan fingerprint density at radius 1 is 1.29 bits per heavy atom. The Labute approximate surface area is 96.8 Å². The lowest BCUT2D eigenvalue weighted by molar-refractivity contribution is -0.384. The molecule has 1 aromatic heterocycles. The van der Waals surface area contributed by atoms with Crippen LogP contribution < -0.4 is 10.5 Å². The van der Waals surface area contributed by atoms with Gasteiger partial charge in [-0.3, -0.25) is 10.1 Å². The molecular formula is C11H9N3O3. The third-order valence-corrected chi connectivity index (χ3v) is 2.01. The maximum Gasteiger partial charge on any atom is 0.273 e. The lowest BCUT2D eigenvalue weighted by Gasteiger charge is -2.04. The molecule has 0 fully saturated rings. The van der Waals surface area contributed by atoms with Crippen molar-refractivity contribution in [2.75, 3.05) is 5.73 Å². The molecule has 6 heteroatoms. The van der Waals surface area contributed by atoms with Gasteiger partial charge < -0.3 is 10.5 Å². The monoisotopic (exact) mass is 231 g/mol. The van der Waals surface area contributed by atoms with Crippen LogP contribution in [0.2, 0.25) is 0 Å². The van der Waals surface area contributed by atoms with E-state index in [0.29, 0.717) is 17.3 Å². The summed E-state index contributed by atoms with van der Waals surface area (Å²) in [6.45, 7) is 0. The fourth-order valence-corrected chi connectivity index (χ4v) is 1.26. The summed E-state index contributed by atoms with van der Waals surface area (Å²) in [6, 6.07) is 9.03. The number of pyridine rings is 1. The molecule has 0 radical (unpaired) electrons. The van der Waals surface area contributed by atoms with Crippen molar-refractivity contribution in [1.82, 2.24) is 4.98 Å². The summed E-state index contributed by atoms with van der Waals surface area (Å²) in [5, 5.41) is 10.6. The first-order valence-electron chi connectivity index (χ1n) is 4.79. The Morgan fingerprint density at radius 2 is 2.12 bits per heavy atom. The molecule has 0 aliphatic rings. The van der Waals surface area contributed by atoms with Crippen LogP contribution in [0.4, 0.5) is 11.4 Å². The van der Waals surface area contributed by atoms with Crippen LogP contribution in [-0.2, 0) is 0 Å². The first-order valence-corrected chi connectivity index (χ1v) is 4.79. The van der Waals surface area contributed by atoms with Crippen LogP contribution in [0.5, 0.6) is 11.6 Å². The lowest BCUT2D eigenvalue weighted by Crippen LogP contribution is -1.92. The topological polar surface area (TPSA) is 91.3 Å². The fraction of sp³-hybridized carbons (Fsp3) is 0. The first kappa shape index (κ1) is 10.9. The van der Waals surface area contributed by atoms with Crippen molar-refractivity contribution in [1.29, 1.82) is 0 Å². The number of non-ortho nitro benzene ring substituents is 1. The number of hydrogen-bond acceptors (Lipinski definition) is 5. The van der Waals surface area contributed by atoms with E-state index >= 15 is 0 Å². The Bertz CT molecular complexity index is 557. The summed E-state index contributed by atoms with van der Waals surface area (Å²) >= 11 is 0. The molecule has 2 N–H and O–H groups in total. The minimum Gasteiger partial charge on any atom is -0.439 e. The predicted octanol–water partition coefficient (Wildman–Crippen LogP) is 2.36. The third-order valence-electron chi connectivity index (χ3n) is 2.01. The predicted molar refractivity (Wildman–Crippen MR) is 61.8 cm³/mol. The zero-order valence-electron chi connectivity index (χ0n) is 8.74. The molecule has 6 nitrogen and oxygen atoms in total. The van der Waals surface area contributed by atoms with Gasteiger partial charge in [0.15, 0.2) is 0 Å². The van der Waals surface area contributed by atoms with E-state index in [9.17, 15) is 10.1 Å². The van der Waals surface area contributed by atoms with Crippen LogP contribution in [0.25, 0.3) is 0 Å². The van der Waals surface area contributed by atoms with Crippen molar-refractivity contribution in [3.63, 3.8) is 0 Å². The highest BCUT2D eigenvalue weighted by molar-refractivity contribution is 5.43. The molecule has 0 aliphatic heterocycles. The number of nitrogen functional groups attached to an aromatic ring is 1. The second-order valence-electron chi connectivity index (χ2n) is 3.28. The Balaban J connectivity index is 2.24. The van der Waals surface area contributed by atoms with Gasteiger partial charge in [-0.05, 0) is 12.1 Å². The van der Waals surface area contributed by atoms with Crippen LogP contribution in [0.3, 0.4) is 0 Å². The second kappa shape index (κ2) is 4.48. The number of ether oxygens (including phenoxy) is 1. The highest BCUT2D eigenvalue weighted by Gasteiger charge is 2.07. The van der Waals surface area contributed by atoms with Gasteiger partial charge in [0.05, 0.1) is 11.0 Å². The number of benzene rings is 1. The van der Waals surface area contributed by atoms with Crippen molar-refractivity contribution in [2.24, 2.45) is 0 Å². The molecule has 17 heavy (non-hydrogen) atoms. The van der Waals surface area contributed by atoms with Gasteiger partial charge in [-0.1, -0.05) is 6.07 Å². The normalized spacial score (nSPS) is 9.88. The molecule has 0 bridgehead atoms. The van der Waals surface area contributed by atoms with E-state index in [1.165, 1.54) is 18.3 Å². The highest BCUT2D eigenvalue weighted by Crippen LogP contribution is 2.24. The minimum absolute atomic E-state index is 0.0357. The summed E-state index contributed by atoms with van der Waals surface area (Å²) in [5.74, 6) is 0.641. The molecule has 0 unspecified atom stereocenters. The molecule has 2 rings (SSSR count). The van der Waals surface area contributed by atoms with E-state index in [1.54, 1.807) is 24.3 Å². The molecule has 1 heterocycles. The molecule has 0 amide bonds. The number of nitrogens with zero attached hydrogens (tertiary/aromatic N) is 2. The van der Waals surface area contributed by atoms with Crippen molar-refractivity contribution in [3.8, 4) is 11.6 Å².